The minimum absolute atomic E-state index is 0.0392. The van der Waals surface area contributed by atoms with Crippen LogP contribution in [0.25, 0.3) is 0 Å². The van der Waals surface area contributed by atoms with Gasteiger partial charge in [0.05, 0.1) is 41.6 Å². The van der Waals surface area contributed by atoms with Gasteiger partial charge in [-0.05, 0) is 40.2 Å². The summed E-state index contributed by atoms with van der Waals surface area (Å²) in [6.07, 6.45) is 5.60. The summed E-state index contributed by atoms with van der Waals surface area (Å²) in [5.74, 6) is -0.114. The maximum absolute atomic E-state index is 12.9. The van der Waals surface area contributed by atoms with Gasteiger partial charge in [0.25, 0.3) is 5.91 Å². The largest absolute Gasteiger partial charge is 0.394 e. The van der Waals surface area contributed by atoms with Crippen LogP contribution in [0.5, 0.6) is 0 Å². The minimum atomic E-state index is -0.114. The van der Waals surface area contributed by atoms with Crippen molar-refractivity contribution in [3.8, 4) is 0 Å². The Morgan fingerprint density at radius 2 is 2.12 bits per heavy atom. The highest BCUT2D eigenvalue weighted by Crippen LogP contribution is 2.19. The van der Waals surface area contributed by atoms with E-state index in [0.29, 0.717) is 24.4 Å². The van der Waals surface area contributed by atoms with Gasteiger partial charge in [0.15, 0.2) is 0 Å². The summed E-state index contributed by atoms with van der Waals surface area (Å²) in [5.41, 5.74) is 3.00. The van der Waals surface area contributed by atoms with Gasteiger partial charge in [0.1, 0.15) is 6.61 Å². The zero-order valence-corrected chi connectivity index (χ0v) is 16.0. The summed E-state index contributed by atoms with van der Waals surface area (Å²) in [6, 6.07) is 1.72. The fourth-order valence-corrected chi connectivity index (χ4v) is 2.50. The number of aromatic nitrogens is 4. The number of nitrogens with zero attached hydrogens (tertiary/aromatic N) is 6. The van der Waals surface area contributed by atoms with Crippen molar-refractivity contribution in [2.75, 3.05) is 18.1 Å². The molecule has 0 saturated heterocycles. The minimum Gasteiger partial charge on any atom is -0.394 e. The maximum Gasteiger partial charge on any atom is 0.261 e. The van der Waals surface area contributed by atoms with E-state index in [1.165, 1.54) is 0 Å². The summed E-state index contributed by atoms with van der Waals surface area (Å²) >= 11 is 0. The number of rotatable bonds is 8. The Morgan fingerprint density at radius 3 is 2.73 bits per heavy atom. The standard InChI is InChI=1S/C18H26N6O2/c1-6-13(3)22-26-12-14(4)24-15(5)17(11-21-24)18(25)23(7-2)16-8-9-19-20-10-16/h8-11,14H,6-7,12H2,1-5H3. The molecule has 0 bridgehead atoms. The van der Waals surface area contributed by atoms with Crippen molar-refractivity contribution in [1.82, 2.24) is 20.0 Å². The van der Waals surface area contributed by atoms with Crippen LogP contribution < -0.4 is 4.90 Å². The van der Waals surface area contributed by atoms with Crippen LogP contribution in [0, 0.1) is 6.92 Å². The van der Waals surface area contributed by atoms with Gasteiger partial charge in [-0.25, -0.2) is 0 Å². The average Bonchev–Trinajstić information content (AvgIpc) is 3.04. The predicted octanol–water partition coefficient (Wildman–Crippen LogP) is 3.01. The molecule has 8 heteroatoms. The Hall–Kier alpha value is -2.77. The van der Waals surface area contributed by atoms with Gasteiger partial charge in [-0.3, -0.25) is 9.48 Å². The first-order valence-electron chi connectivity index (χ1n) is 8.77. The van der Waals surface area contributed by atoms with E-state index in [0.717, 1.165) is 17.8 Å². The van der Waals surface area contributed by atoms with Gasteiger partial charge in [0.2, 0.25) is 0 Å². The summed E-state index contributed by atoms with van der Waals surface area (Å²) in [7, 11) is 0. The van der Waals surface area contributed by atoms with Gasteiger partial charge >= 0.3 is 0 Å². The normalized spacial score (nSPS) is 12.7. The Labute approximate surface area is 153 Å². The van der Waals surface area contributed by atoms with E-state index < -0.39 is 0 Å². The first-order valence-corrected chi connectivity index (χ1v) is 8.77. The highest BCUT2D eigenvalue weighted by atomic mass is 16.6. The molecular formula is C18H26N6O2. The lowest BCUT2D eigenvalue weighted by Crippen LogP contribution is -2.31. The third kappa shape index (κ3) is 4.44. The summed E-state index contributed by atoms with van der Waals surface area (Å²) in [4.78, 5) is 20.0. The van der Waals surface area contributed by atoms with Gasteiger partial charge in [0, 0.05) is 12.2 Å². The van der Waals surface area contributed by atoms with Crippen molar-refractivity contribution in [2.45, 2.75) is 47.1 Å². The third-order valence-electron chi connectivity index (χ3n) is 4.18. The third-order valence-corrected chi connectivity index (χ3v) is 4.18. The fourth-order valence-electron chi connectivity index (χ4n) is 2.50. The van der Waals surface area contributed by atoms with Gasteiger partial charge in [-0.1, -0.05) is 12.1 Å². The zero-order chi connectivity index (χ0) is 19.1. The zero-order valence-electron chi connectivity index (χ0n) is 16.0. The topological polar surface area (TPSA) is 85.5 Å². The molecule has 0 aliphatic carbocycles. The molecular weight excluding hydrogens is 332 g/mol. The molecule has 2 aromatic heterocycles. The molecule has 2 rings (SSSR count). The van der Waals surface area contributed by atoms with E-state index in [4.69, 9.17) is 4.84 Å². The molecule has 1 amide bonds. The van der Waals surface area contributed by atoms with E-state index in [-0.39, 0.29) is 11.9 Å². The van der Waals surface area contributed by atoms with Crippen molar-refractivity contribution in [3.05, 3.63) is 35.9 Å². The monoisotopic (exact) mass is 358 g/mol. The molecule has 26 heavy (non-hydrogen) atoms. The van der Waals surface area contributed by atoms with Crippen molar-refractivity contribution in [2.24, 2.45) is 5.16 Å². The Kier molecular flexibility index (Phi) is 6.82. The Bertz CT molecular complexity index is 756. The lowest BCUT2D eigenvalue weighted by atomic mass is 10.2. The summed E-state index contributed by atoms with van der Waals surface area (Å²) in [6.45, 7) is 10.7. The highest BCUT2D eigenvalue weighted by Gasteiger charge is 2.22. The highest BCUT2D eigenvalue weighted by molar-refractivity contribution is 6.06. The second-order valence-corrected chi connectivity index (χ2v) is 6.06. The smallest absolute Gasteiger partial charge is 0.261 e. The number of anilines is 1. The quantitative estimate of drug-likeness (QED) is 0.535. The van der Waals surface area contributed by atoms with Crippen LogP contribution in [0.2, 0.25) is 0 Å². The van der Waals surface area contributed by atoms with Crippen LogP contribution >= 0.6 is 0 Å². The molecule has 0 spiro atoms. The average molecular weight is 358 g/mol. The number of carbonyl (C=O) groups is 1. The Balaban J connectivity index is 2.15. The second-order valence-electron chi connectivity index (χ2n) is 6.06. The molecule has 2 heterocycles. The summed E-state index contributed by atoms with van der Waals surface area (Å²) in [5, 5.41) is 16.0. The van der Waals surface area contributed by atoms with Crippen LogP contribution in [-0.2, 0) is 4.84 Å². The van der Waals surface area contributed by atoms with Crippen molar-refractivity contribution in [1.29, 1.82) is 0 Å². The van der Waals surface area contributed by atoms with E-state index >= 15 is 0 Å². The van der Waals surface area contributed by atoms with Gasteiger partial charge < -0.3 is 9.74 Å². The van der Waals surface area contributed by atoms with Crippen molar-refractivity contribution >= 4 is 17.3 Å². The lowest BCUT2D eigenvalue weighted by molar-refractivity contribution is 0.0985. The molecule has 2 aromatic rings. The molecule has 0 fully saturated rings. The molecule has 1 atom stereocenters. The molecule has 0 saturated carbocycles. The van der Waals surface area contributed by atoms with Crippen LogP contribution in [0.15, 0.2) is 29.8 Å². The van der Waals surface area contributed by atoms with Crippen LogP contribution in [0.1, 0.15) is 56.2 Å². The van der Waals surface area contributed by atoms with Crippen LogP contribution in [0.3, 0.4) is 0 Å². The number of carbonyl (C=O) groups excluding carboxylic acids is 1. The second kappa shape index (κ2) is 9.07. The molecule has 1 unspecified atom stereocenters. The van der Waals surface area contributed by atoms with E-state index in [1.54, 1.807) is 34.2 Å². The predicted molar refractivity (Wildman–Crippen MR) is 100 cm³/mol. The molecule has 0 aromatic carbocycles. The lowest BCUT2D eigenvalue weighted by Gasteiger charge is -2.20. The molecule has 140 valence electrons. The van der Waals surface area contributed by atoms with Crippen molar-refractivity contribution in [3.63, 3.8) is 0 Å². The number of hydrogen-bond donors (Lipinski definition) is 0. The Morgan fingerprint density at radius 1 is 1.35 bits per heavy atom. The molecule has 0 aliphatic heterocycles. The van der Waals surface area contributed by atoms with E-state index in [9.17, 15) is 4.79 Å². The van der Waals surface area contributed by atoms with E-state index in [2.05, 4.69) is 20.5 Å². The number of oxime groups is 1. The maximum atomic E-state index is 12.9. The van der Waals surface area contributed by atoms with Gasteiger partial charge in [-0.15, -0.1) is 0 Å². The number of hydrogen-bond acceptors (Lipinski definition) is 6. The molecule has 0 aliphatic rings. The van der Waals surface area contributed by atoms with Crippen LogP contribution in [0.4, 0.5) is 5.69 Å². The molecule has 0 N–H and O–H groups in total. The van der Waals surface area contributed by atoms with Gasteiger partial charge in [-0.2, -0.15) is 15.3 Å². The fraction of sp³-hybridized carbons (Fsp3) is 0.500. The first-order chi connectivity index (χ1) is 12.5. The van der Waals surface area contributed by atoms with Crippen molar-refractivity contribution < 1.29 is 9.63 Å². The molecule has 8 nitrogen and oxygen atoms in total. The first kappa shape index (κ1) is 19.6. The molecule has 0 radical (unpaired) electrons. The SMILES string of the molecule is CCC(C)=NOCC(C)n1ncc(C(=O)N(CC)c2ccnnc2)c1C. The van der Waals surface area contributed by atoms with Crippen LogP contribution in [-0.4, -0.2) is 44.7 Å². The number of amides is 1. The summed E-state index contributed by atoms with van der Waals surface area (Å²) < 4.78 is 1.79. The van der Waals surface area contributed by atoms with E-state index in [1.807, 2.05) is 34.6 Å².